The van der Waals surface area contributed by atoms with Crippen molar-refractivity contribution in [1.29, 1.82) is 0 Å². The van der Waals surface area contributed by atoms with Crippen LogP contribution in [0, 0.1) is 17.8 Å². The fourth-order valence-corrected chi connectivity index (χ4v) is 1.65. The van der Waals surface area contributed by atoms with Crippen LogP contribution < -0.4 is 5.32 Å². The van der Waals surface area contributed by atoms with E-state index in [1.807, 2.05) is 7.05 Å². The largest absolute Gasteiger partial charge is 0.316 e. The summed E-state index contributed by atoms with van der Waals surface area (Å²) in [5.41, 5.74) is 2.87. The summed E-state index contributed by atoms with van der Waals surface area (Å²) in [7, 11) is 1.98. The van der Waals surface area contributed by atoms with E-state index in [9.17, 15) is 0 Å². The number of nitrogens with one attached hydrogen (secondary N) is 1. The topological polar surface area (TPSA) is 12.0 Å². The molecule has 0 bridgehead atoms. The summed E-state index contributed by atoms with van der Waals surface area (Å²) >= 11 is 0. The van der Waals surface area contributed by atoms with Crippen LogP contribution in [0.1, 0.15) is 33.1 Å². The van der Waals surface area contributed by atoms with Crippen LogP contribution >= 0.6 is 0 Å². The number of likely N-dealkylation sites (N-methyl/N-ethyl adjacent to an activating group) is 1. The number of hydrogen-bond acceptors (Lipinski definition) is 1. The Labute approximate surface area is 93.6 Å². The smallest absolute Gasteiger partial charge is 0.0419 e. The first-order chi connectivity index (χ1) is 7.26. The molecule has 0 aromatic carbocycles. The Bertz CT molecular complexity index is 312. The van der Waals surface area contributed by atoms with Crippen molar-refractivity contribution in [1.82, 2.24) is 5.32 Å². The maximum atomic E-state index is 3.33. The zero-order valence-electron chi connectivity index (χ0n) is 10.1. The third kappa shape index (κ3) is 4.36. The van der Waals surface area contributed by atoms with Gasteiger partial charge in [-0.15, -0.1) is 0 Å². The molecule has 15 heavy (non-hydrogen) atoms. The minimum absolute atomic E-state index is 0.430. The molecule has 0 amide bonds. The summed E-state index contributed by atoms with van der Waals surface area (Å²) in [5, 5.41) is 3.18. The molecule has 0 spiro atoms. The minimum Gasteiger partial charge on any atom is -0.316 e. The summed E-state index contributed by atoms with van der Waals surface area (Å²) in [6, 6.07) is 0. The number of rotatable bonds is 4. The molecule has 1 rings (SSSR count). The van der Waals surface area contributed by atoms with Gasteiger partial charge in [0, 0.05) is 18.9 Å². The zero-order chi connectivity index (χ0) is 11.1. The van der Waals surface area contributed by atoms with Crippen LogP contribution in [0.5, 0.6) is 0 Å². The van der Waals surface area contributed by atoms with Crippen LogP contribution in [0.25, 0.3) is 0 Å². The monoisotopic (exact) mass is 203 g/mol. The summed E-state index contributed by atoms with van der Waals surface area (Å²) < 4.78 is 0. The fraction of sp³-hybridized carbons (Fsp3) is 0.571. The van der Waals surface area contributed by atoms with Crippen LogP contribution in [-0.2, 0) is 0 Å². The molecular formula is C14H21N. The van der Waals surface area contributed by atoms with Gasteiger partial charge < -0.3 is 5.32 Å². The van der Waals surface area contributed by atoms with E-state index in [1.165, 1.54) is 11.1 Å². The van der Waals surface area contributed by atoms with E-state index >= 15 is 0 Å². The van der Waals surface area contributed by atoms with Gasteiger partial charge in [0.05, 0.1) is 0 Å². The highest BCUT2D eigenvalue weighted by atomic mass is 14.8. The van der Waals surface area contributed by atoms with Crippen molar-refractivity contribution in [3.8, 4) is 11.8 Å². The van der Waals surface area contributed by atoms with Crippen molar-refractivity contribution in [3.05, 3.63) is 23.3 Å². The van der Waals surface area contributed by atoms with Crippen molar-refractivity contribution in [3.63, 3.8) is 0 Å². The molecule has 0 aromatic rings. The second-order valence-corrected chi connectivity index (χ2v) is 4.10. The molecule has 1 aliphatic rings. The van der Waals surface area contributed by atoms with E-state index in [0.717, 1.165) is 25.8 Å². The normalized spacial score (nSPS) is 21.4. The lowest BCUT2D eigenvalue weighted by Gasteiger charge is -2.04. The highest BCUT2D eigenvalue weighted by Crippen LogP contribution is 2.15. The zero-order valence-corrected chi connectivity index (χ0v) is 10.1. The van der Waals surface area contributed by atoms with E-state index in [1.54, 1.807) is 0 Å². The molecule has 82 valence electrons. The second kappa shape index (κ2) is 6.48. The molecule has 0 saturated heterocycles. The summed E-state index contributed by atoms with van der Waals surface area (Å²) in [4.78, 5) is 0. The predicted octanol–water partition coefficient (Wildman–Crippen LogP) is 2.90. The van der Waals surface area contributed by atoms with E-state index in [-0.39, 0.29) is 0 Å². The van der Waals surface area contributed by atoms with Gasteiger partial charge in [-0.1, -0.05) is 36.5 Å². The molecule has 0 heterocycles. The molecular weight excluding hydrogens is 182 g/mol. The molecule has 1 heteroatoms. The number of hydrogen-bond donors (Lipinski definition) is 1. The van der Waals surface area contributed by atoms with Gasteiger partial charge in [0.1, 0.15) is 0 Å². The van der Waals surface area contributed by atoms with Crippen molar-refractivity contribution >= 4 is 0 Å². The Morgan fingerprint density at radius 3 is 3.13 bits per heavy atom. The lowest BCUT2D eigenvalue weighted by Crippen LogP contribution is -2.10. The molecule has 0 saturated carbocycles. The van der Waals surface area contributed by atoms with Gasteiger partial charge in [-0.3, -0.25) is 0 Å². The Morgan fingerprint density at radius 2 is 2.47 bits per heavy atom. The minimum atomic E-state index is 0.430. The first kappa shape index (κ1) is 12.1. The highest BCUT2D eigenvalue weighted by molar-refractivity contribution is 5.24. The molecule has 1 atom stereocenters. The highest BCUT2D eigenvalue weighted by Gasteiger charge is 2.04. The molecule has 0 aromatic heterocycles. The Morgan fingerprint density at radius 1 is 1.67 bits per heavy atom. The maximum absolute atomic E-state index is 3.33. The third-order valence-electron chi connectivity index (χ3n) is 2.71. The fourth-order valence-electron chi connectivity index (χ4n) is 1.65. The SMILES string of the molecule is CCC(C)=CC1C#CCC(CNC)=CC1. The molecule has 1 N–H and O–H groups in total. The third-order valence-corrected chi connectivity index (χ3v) is 2.71. The van der Waals surface area contributed by atoms with Crippen molar-refractivity contribution in [2.75, 3.05) is 13.6 Å². The van der Waals surface area contributed by atoms with Crippen LogP contribution in [0.4, 0.5) is 0 Å². The van der Waals surface area contributed by atoms with Gasteiger partial charge >= 0.3 is 0 Å². The summed E-state index contributed by atoms with van der Waals surface area (Å²) in [5.74, 6) is 7.02. The van der Waals surface area contributed by atoms with Gasteiger partial charge in [-0.25, -0.2) is 0 Å². The average Bonchev–Trinajstić information content (AvgIpc) is 2.45. The van der Waals surface area contributed by atoms with Gasteiger partial charge in [0.15, 0.2) is 0 Å². The lowest BCUT2D eigenvalue weighted by molar-refractivity contribution is 0.822. The number of allylic oxidation sites excluding steroid dienone is 3. The van der Waals surface area contributed by atoms with Crippen molar-refractivity contribution in [2.45, 2.75) is 33.1 Å². The van der Waals surface area contributed by atoms with E-state index in [4.69, 9.17) is 0 Å². The summed E-state index contributed by atoms with van der Waals surface area (Å²) in [6.07, 6.45) is 7.77. The van der Waals surface area contributed by atoms with Gasteiger partial charge in [0.25, 0.3) is 0 Å². The van der Waals surface area contributed by atoms with Crippen molar-refractivity contribution < 1.29 is 0 Å². The molecule has 0 radical (unpaired) electrons. The lowest BCUT2D eigenvalue weighted by atomic mass is 10.0. The van der Waals surface area contributed by atoms with Gasteiger partial charge in [0.2, 0.25) is 0 Å². The van der Waals surface area contributed by atoms with E-state index < -0.39 is 0 Å². The Balaban J connectivity index is 2.61. The molecule has 1 nitrogen and oxygen atoms in total. The standard InChI is InChI=1S/C14H21N/c1-4-12(2)10-13-6-5-7-14(9-8-13)11-15-3/h9-10,13,15H,4,7-8,11H2,1-3H3. The Hall–Kier alpha value is -1.00. The molecule has 0 aliphatic heterocycles. The first-order valence-electron chi connectivity index (χ1n) is 5.74. The first-order valence-corrected chi connectivity index (χ1v) is 5.74. The molecule has 0 fully saturated rings. The van der Waals surface area contributed by atoms with E-state index in [2.05, 4.69) is 43.2 Å². The second-order valence-electron chi connectivity index (χ2n) is 4.10. The van der Waals surface area contributed by atoms with Crippen LogP contribution in [0.3, 0.4) is 0 Å². The van der Waals surface area contributed by atoms with Crippen molar-refractivity contribution in [2.24, 2.45) is 5.92 Å². The van der Waals surface area contributed by atoms with Gasteiger partial charge in [-0.05, 0) is 32.4 Å². The van der Waals surface area contributed by atoms with Crippen LogP contribution in [0.15, 0.2) is 23.3 Å². The van der Waals surface area contributed by atoms with E-state index in [0.29, 0.717) is 5.92 Å². The quantitative estimate of drug-likeness (QED) is 0.547. The Kier molecular flexibility index (Phi) is 5.21. The average molecular weight is 203 g/mol. The predicted molar refractivity (Wildman–Crippen MR) is 66.6 cm³/mol. The molecule has 1 aliphatic carbocycles. The maximum Gasteiger partial charge on any atom is 0.0419 e. The van der Waals surface area contributed by atoms with Crippen LogP contribution in [-0.4, -0.2) is 13.6 Å². The summed E-state index contributed by atoms with van der Waals surface area (Å²) in [6.45, 7) is 5.35. The molecule has 1 unspecified atom stereocenters. The van der Waals surface area contributed by atoms with Gasteiger partial charge in [-0.2, -0.15) is 0 Å². The van der Waals surface area contributed by atoms with Crippen LogP contribution in [0.2, 0.25) is 0 Å².